The van der Waals surface area contributed by atoms with Gasteiger partial charge in [-0.05, 0) is 49.6 Å². The number of ether oxygens (including phenoxy) is 1. The Morgan fingerprint density at radius 1 is 0.941 bits per heavy atom. The van der Waals surface area contributed by atoms with E-state index < -0.39 is 6.04 Å². The third kappa shape index (κ3) is 7.09. The Morgan fingerprint density at radius 3 is 2.26 bits per heavy atom. The molecular formula is C28H31ClN2O3. The zero-order chi connectivity index (χ0) is 24.5. The van der Waals surface area contributed by atoms with Crippen LogP contribution in [-0.2, 0) is 22.6 Å². The lowest BCUT2D eigenvalue weighted by molar-refractivity contribution is -0.143. The second-order valence-corrected chi connectivity index (χ2v) is 8.94. The summed E-state index contributed by atoms with van der Waals surface area (Å²) in [5, 5.41) is 3.52. The van der Waals surface area contributed by atoms with Gasteiger partial charge >= 0.3 is 0 Å². The SMILES string of the molecule is Cc1ccccc1OCC(=O)N(Cc1ccccc1Cl)[C@H](Cc1ccccc1)C(=O)NC(C)C. The predicted molar refractivity (Wildman–Crippen MR) is 136 cm³/mol. The van der Waals surface area contributed by atoms with E-state index in [4.69, 9.17) is 16.3 Å². The topological polar surface area (TPSA) is 58.6 Å². The van der Waals surface area contributed by atoms with Crippen molar-refractivity contribution in [3.8, 4) is 5.75 Å². The van der Waals surface area contributed by atoms with Gasteiger partial charge in [0.05, 0.1) is 0 Å². The first-order valence-electron chi connectivity index (χ1n) is 11.4. The largest absolute Gasteiger partial charge is 0.484 e. The monoisotopic (exact) mass is 478 g/mol. The second kappa shape index (κ2) is 12.2. The van der Waals surface area contributed by atoms with Gasteiger partial charge in [0, 0.05) is 24.0 Å². The molecular weight excluding hydrogens is 448 g/mol. The first-order chi connectivity index (χ1) is 16.3. The molecule has 6 heteroatoms. The van der Waals surface area contributed by atoms with Crippen LogP contribution in [0, 0.1) is 6.92 Å². The van der Waals surface area contributed by atoms with E-state index in [2.05, 4.69) is 5.32 Å². The molecule has 0 aliphatic carbocycles. The van der Waals surface area contributed by atoms with Crippen LogP contribution in [0.2, 0.25) is 5.02 Å². The summed E-state index contributed by atoms with van der Waals surface area (Å²) in [6, 6.07) is 23.8. The van der Waals surface area contributed by atoms with Crippen LogP contribution < -0.4 is 10.1 Å². The molecule has 178 valence electrons. The van der Waals surface area contributed by atoms with Gasteiger partial charge in [-0.3, -0.25) is 9.59 Å². The maximum Gasteiger partial charge on any atom is 0.261 e. The smallest absolute Gasteiger partial charge is 0.261 e. The van der Waals surface area contributed by atoms with Crippen LogP contribution in [-0.4, -0.2) is 35.4 Å². The summed E-state index contributed by atoms with van der Waals surface area (Å²) in [4.78, 5) is 28.4. The number of halogens is 1. The average molecular weight is 479 g/mol. The zero-order valence-corrected chi connectivity index (χ0v) is 20.6. The fourth-order valence-corrected chi connectivity index (χ4v) is 3.88. The van der Waals surface area contributed by atoms with Crippen molar-refractivity contribution in [3.63, 3.8) is 0 Å². The highest BCUT2D eigenvalue weighted by Gasteiger charge is 2.31. The van der Waals surface area contributed by atoms with E-state index in [-0.39, 0.29) is 31.0 Å². The summed E-state index contributed by atoms with van der Waals surface area (Å²) in [5.41, 5.74) is 2.67. The summed E-state index contributed by atoms with van der Waals surface area (Å²) in [7, 11) is 0. The highest BCUT2D eigenvalue weighted by Crippen LogP contribution is 2.22. The van der Waals surface area contributed by atoms with E-state index in [1.165, 1.54) is 0 Å². The lowest BCUT2D eigenvalue weighted by atomic mass is 10.0. The van der Waals surface area contributed by atoms with Crippen molar-refractivity contribution >= 4 is 23.4 Å². The normalized spacial score (nSPS) is 11.7. The average Bonchev–Trinajstić information content (AvgIpc) is 2.82. The molecule has 34 heavy (non-hydrogen) atoms. The van der Waals surface area contributed by atoms with Gasteiger partial charge < -0.3 is 15.0 Å². The Balaban J connectivity index is 1.93. The molecule has 1 atom stereocenters. The van der Waals surface area contributed by atoms with Gasteiger partial charge in [-0.15, -0.1) is 0 Å². The standard InChI is InChI=1S/C28H31ClN2O3/c1-20(2)30-28(33)25(17-22-12-5-4-6-13-22)31(18-23-14-8-9-15-24(23)29)27(32)19-34-26-16-10-7-11-21(26)3/h4-16,20,25H,17-19H2,1-3H3,(H,30,33)/t25-/m1/s1. The number of aryl methyl sites for hydroxylation is 1. The number of nitrogens with zero attached hydrogens (tertiary/aromatic N) is 1. The minimum absolute atomic E-state index is 0.0637. The summed E-state index contributed by atoms with van der Waals surface area (Å²) in [6.45, 7) is 5.74. The molecule has 3 aromatic carbocycles. The molecule has 0 aromatic heterocycles. The van der Waals surface area contributed by atoms with Crippen LogP contribution >= 0.6 is 11.6 Å². The van der Waals surface area contributed by atoms with Crippen molar-refractivity contribution in [2.75, 3.05) is 6.61 Å². The minimum atomic E-state index is -0.728. The Labute approximate surface area is 206 Å². The van der Waals surface area contributed by atoms with Crippen LogP contribution in [0.1, 0.15) is 30.5 Å². The van der Waals surface area contributed by atoms with Gasteiger partial charge in [-0.2, -0.15) is 0 Å². The maximum absolute atomic E-state index is 13.5. The Bertz CT molecular complexity index is 1100. The molecule has 0 bridgehead atoms. The first-order valence-corrected chi connectivity index (χ1v) is 11.8. The molecule has 0 aliphatic rings. The molecule has 0 unspecified atom stereocenters. The summed E-state index contributed by atoms with van der Waals surface area (Å²) < 4.78 is 5.85. The molecule has 0 aliphatic heterocycles. The fraction of sp³-hybridized carbons (Fsp3) is 0.286. The van der Waals surface area contributed by atoms with Crippen LogP contribution in [0.15, 0.2) is 78.9 Å². The van der Waals surface area contributed by atoms with Crippen molar-refractivity contribution in [2.45, 2.75) is 45.8 Å². The van der Waals surface area contributed by atoms with Crippen molar-refractivity contribution < 1.29 is 14.3 Å². The van der Waals surface area contributed by atoms with E-state index in [0.29, 0.717) is 17.2 Å². The fourth-order valence-electron chi connectivity index (χ4n) is 3.69. The van der Waals surface area contributed by atoms with Crippen molar-refractivity contribution in [3.05, 3.63) is 101 Å². The quantitative estimate of drug-likeness (QED) is 0.436. The predicted octanol–water partition coefficient (Wildman–Crippen LogP) is 5.19. The first kappa shape index (κ1) is 25.3. The van der Waals surface area contributed by atoms with Crippen LogP contribution in [0.3, 0.4) is 0 Å². The molecule has 0 heterocycles. The van der Waals surface area contributed by atoms with Crippen LogP contribution in [0.5, 0.6) is 5.75 Å². The third-order valence-electron chi connectivity index (χ3n) is 5.45. The minimum Gasteiger partial charge on any atom is -0.484 e. The molecule has 0 saturated heterocycles. The molecule has 3 aromatic rings. The van der Waals surface area contributed by atoms with Crippen LogP contribution in [0.25, 0.3) is 0 Å². The number of carbonyl (C=O) groups is 2. The van der Waals surface area contributed by atoms with Gasteiger partial charge in [-0.1, -0.05) is 78.3 Å². The Morgan fingerprint density at radius 2 is 1.59 bits per heavy atom. The van der Waals surface area contributed by atoms with E-state index in [1.54, 1.807) is 11.0 Å². The number of benzene rings is 3. The molecule has 3 rings (SSSR count). The van der Waals surface area contributed by atoms with Gasteiger partial charge in [0.1, 0.15) is 11.8 Å². The summed E-state index contributed by atoms with van der Waals surface area (Å²) >= 11 is 6.43. The zero-order valence-electron chi connectivity index (χ0n) is 19.8. The summed E-state index contributed by atoms with van der Waals surface area (Å²) in [5.74, 6) is 0.137. The number of rotatable bonds is 10. The van der Waals surface area contributed by atoms with Gasteiger partial charge in [-0.25, -0.2) is 0 Å². The molecule has 1 N–H and O–H groups in total. The molecule has 0 saturated carbocycles. The van der Waals surface area contributed by atoms with Crippen molar-refractivity contribution in [1.29, 1.82) is 0 Å². The van der Waals surface area contributed by atoms with Gasteiger partial charge in [0.2, 0.25) is 5.91 Å². The Kier molecular flexibility index (Phi) is 9.11. The number of nitrogens with one attached hydrogen (secondary N) is 1. The third-order valence-corrected chi connectivity index (χ3v) is 5.81. The molecule has 5 nitrogen and oxygen atoms in total. The van der Waals surface area contributed by atoms with E-state index in [0.717, 1.165) is 16.7 Å². The van der Waals surface area contributed by atoms with E-state index in [9.17, 15) is 9.59 Å². The van der Waals surface area contributed by atoms with Crippen molar-refractivity contribution in [2.24, 2.45) is 0 Å². The van der Waals surface area contributed by atoms with E-state index >= 15 is 0 Å². The number of para-hydroxylation sites is 1. The Hall–Kier alpha value is -3.31. The van der Waals surface area contributed by atoms with Gasteiger partial charge in [0.15, 0.2) is 6.61 Å². The number of carbonyl (C=O) groups excluding carboxylic acids is 2. The second-order valence-electron chi connectivity index (χ2n) is 8.54. The molecule has 0 spiro atoms. The highest BCUT2D eigenvalue weighted by molar-refractivity contribution is 6.31. The lowest BCUT2D eigenvalue weighted by Crippen LogP contribution is -2.52. The van der Waals surface area contributed by atoms with Crippen LogP contribution in [0.4, 0.5) is 0 Å². The van der Waals surface area contributed by atoms with Crippen molar-refractivity contribution in [1.82, 2.24) is 10.2 Å². The number of hydrogen-bond acceptors (Lipinski definition) is 3. The molecule has 2 amide bonds. The van der Waals surface area contributed by atoms with E-state index in [1.807, 2.05) is 93.6 Å². The molecule has 0 fully saturated rings. The molecule has 0 radical (unpaired) electrons. The number of hydrogen-bond donors (Lipinski definition) is 1. The number of amides is 2. The highest BCUT2D eigenvalue weighted by atomic mass is 35.5. The lowest BCUT2D eigenvalue weighted by Gasteiger charge is -2.32. The van der Waals surface area contributed by atoms with Gasteiger partial charge in [0.25, 0.3) is 5.91 Å². The maximum atomic E-state index is 13.5. The summed E-state index contributed by atoms with van der Waals surface area (Å²) in [6.07, 6.45) is 0.375.